The average molecular weight is 650 g/mol. The lowest BCUT2D eigenvalue weighted by atomic mass is 9.70. The number of nitrogens with zero attached hydrogens (tertiary/aromatic N) is 1. The maximum absolute atomic E-state index is 6.77. The predicted molar refractivity (Wildman–Crippen MR) is 206 cm³/mol. The van der Waals surface area contributed by atoms with Gasteiger partial charge in [0.15, 0.2) is 0 Å². The molecule has 0 saturated heterocycles. The third-order valence-electron chi connectivity index (χ3n) is 10.2. The lowest BCUT2D eigenvalue weighted by molar-refractivity contribution is -0.540. The van der Waals surface area contributed by atoms with Gasteiger partial charge in [0, 0.05) is 39.3 Å². The Hall–Kier alpha value is -4.63. The maximum Gasteiger partial charge on any atom is 0.134 e. The van der Waals surface area contributed by atoms with Crippen LogP contribution in [-0.2, 0) is 23.7 Å². The zero-order valence-electron chi connectivity index (χ0n) is 28.4. The number of benzene rings is 5. The molecule has 5 aromatic rings. The van der Waals surface area contributed by atoms with Crippen LogP contribution in [0.2, 0.25) is 5.02 Å². The fraction of sp³-hybridized carbons (Fsp3) is 0.200. The first-order valence-corrected chi connectivity index (χ1v) is 17.4. The number of allylic oxidation sites excluding steroid dienone is 6. The highest BCUT2D eigenvalue weighted by atomic mass is 35.5. The highest BCUT2D eigenvalue weighted by molar-refractivity contribution is 6.30. The van der Waals surface area contributed by atoms with Gasteiger partial charge in [0.1, 0.15) is 5.69 Å². The van der Waals surface area contributed by atoms with Crippen molar-refractivity contribution in [2.24, 2.45) is 0 Å². The smallest absolute Gasteiger partial charge is 0.134 e. The summed E-state index contributed by atoms with van der Waals surface area (Å²) in [5.41, 5.74) is 9.29. The topological polar surface area (TPSA) is 19.9 Å². The molecular formula is C45H46ClN2+. The summed E-state index contributed by atoms with van der Waals surface area (Å²) in [6.07, 6.45) is 11.3. The van der Waals surface area contributed by atoms with E-state index in [2.05, 4.69) is 165 Å². The maximum atomic E-state index is 6.77. The van der Waals surface area contributed by atoms with Gasteiger partial charge in [-0.15, -0.1) is 6.58 Å². The summed E-state index contributed by atoms with van der Waals surface area (Å²) in [5, 5.41) is 5.47. The number of anilines is 1. The fourth-order valence-electron chi connectivity index (χ4n) is 7.83. The number of halogens is 1. The quantitative estimate of drug-likeness (QED) is 0.0810. The van der Waals surface area contributed by atoms with Crippen molar-refractivity contribution >= 4 is 33.7 Å². The van der Waals surface area contributed by atoms with Crippen LogP contribution in [0.3, 0.4) is 0 Å². The molecule has 0 amide bonds. The number of fused-ring (bicyclic) bond motifs is 2. The zero-order valence-corrected chi connectivity index (χ0v) is 29.2. The Morgan fingerprint density at radius 1 is 0.875 bits per heavy atom. The van der Waals surface area contributed by atoms with Gasteiger partial charge < -0.3 is 10.2 Å². The first-order chi connectivity index (χ1) is 23.3. The summed E-state index contributed by atoms with van der Waals surface area (Å²) < 4.78 is 0. The van der Waals surface area contributed by atoms with Crippen molar-refractivity contribution in [3.63, 3.8) is 0 Å². The molecule has 1 aliphatic rings. The second-order valence-electron chi connectivity index (χ2n) is 13.1. The normalized spacial score (nSPS) is 15.9. The molecule has 5 aromatic carbocycles. The van der Waals surface area contributed by atoms with Crippen molar-refractivity contribution in [1.82, 2.24) is 0 Å². The van der Waals surface area contributed by atoms with Crippen molar-refractivity contribution in [2.45, 2.75) is 43.9 Å². The highest BCUT2D eigenvalue weighted by Gasteiger charge is 2.47. The molecule has 3 heteroatoms. The third kappa shape index (κ3) is 6.19. The number of hydrogen-bond donors (Lipinski definition) is 1. The van der Waals surface area contributed by atoms with Crippen LogP contribution in [-0.4, -0.2) is 13.6 Å². The van der Waals surface area contributed by atoms with Crippen molar-refractivity contribution in [2.75, 3.05) is 18.5 Å². The molecule has 1 aliphatic heterocycles. The van der Waals surface area contributed by atoms with E-state index in [-0.39, 0.29) is 10.8 Å². The SMILES string of the molecule is C=CCC(C)(C(=C)/C=C/C=C1/N(CC)c2ccc(Cl)cc2C1(Cc1ccccc1)Cc1ccccc1)c1c([NH2+]C)ccc2ccccc12. The number of quaternary nitrogens is 1. The molecule has 1 atom stereocenters. The van der Waals surface area contributed by atoms with E-state index in [0.29, 0.717) is 0 Å². The van der Waals surface area contributed by atoms with Gasteiger partial charge in [-0.05, 0) is 95.6 Å². The number of hydrogen-bond acceptors (Lipinski definition) is 1. The van der Waals surface area contributed by atoms with Crippen LogP contribution in [0.4, 0.5) is 11.4 Å². The van der Waals surface area contributed by atoms with E-state index >= 15 is 0 Å². The van der Waals surface area contributed by atoms with Crippen LogP contribution in [0.15, 0.2) is 164 Å². The summed E-state index contributed by atoms with van der Waals surface area (Å²) in [4.78, 5) is 2.47. The van der Waals surface area contributed by atoms with E-state index in [4.69, 9.17) is 18.2 Å². The summed E-state index contributed by atoms with van der Waals surface area (Å²) in [7, 11) is 2.12. The highest BCUT2D eigenvalue weighted by Crippen LogP contribution is 2.52. The van der Waals surface area contributed by atoms with Crippen molar-refractivity contribution < 1.29 is 5.32 Å². The van der Waals surface area contributed by atoms with Gasteiger partial charge in [-0.25, -0.2) is 0 Å². The molecule has 0 aromatic heterocycles. The summed E-state index contributed by atoms with van der Waals surface area (Å²) in [6, 6.07) is 41.2. The summed E-state index contributed by atoms with van der Waals surface area (Å²) >= 11 is 6.77. The Bertz CT molecular complexity index is 1950. The van der Waals surface area contributed by atoms with Gasteiger partial charge in [-0.3, -0.25) is 0 Å². The molecule has 0 radical (unpaired) electrons. The molecule has 0 spiro atoms. The first-order valence-electron chi connectivity index (χ1n) is 17.0. The fourth-order valence-corrected chi connectivity index (χ4v) is 8.00. The van der Waals surface area contributed by atoms with Crippen LogP contribution in [0.1, 0.15) is 42.5 Å². The molecule has 6 rings (SSSR count). The van der Waals surface area contributed by atoms with Gasteiger partial charge in [0.2, 0.25) is 0 Å². The molecule has 0 saturated carbocycles. The number of rotatable bonds is 12. The van der Waals surface area contributed by atoms with Gasteiger partial charge in [-0.1, -0.05) is 128 Å². The Balaban J connectivity index is 1.50. The molecular weight excluding hydrogens is 604 g/mol. The van der Waals surface area contributed by atoms with Crippen LogP contribution >= 0.6 is 11.6 Å². The lowest BCUT2D eigenvalue weighted by Crippen LogP contribution is -2.73. The number of nitrogens with two attached hydrogens (primary N) is 1. The minimum absolute atomic E-state index is 0.324. The van der Waals surface area contributed by atoms with Crippen LogP contribution in [0.25, 0.3) is 10.8 Å². The van der Waals surface area contributed by atoms with E-state index < -0.39 is 0 Å². The molecule has 2 N–H and O–H groups in total. The Morgan fingerprint density at radius 2 is 1.52 bits per heavy atom. The van der Waals surface area contributed by atoms with Crippen LogP contribution in [0.5, 0.6) is 0 Å². The van der Waals surface area contributed by atoms with Crippen molar-refractivity contribution in [1.29, 1.82) is 0 Å². The van der Waals surface area contributed by atoms with E-state index in [1.54, 1.807) is 0 Å². The average Bonchev–Trinajstić information content (AvgIpc) is 3.35. The van der Waals surface area contributed by atoms with Crippen LogP contribution in [0, 0.1) is 0 Å². The third-order valence-corrected chi connectivity index (χ3v) is 10.4. The van der Waals surface area contributed by atoms with Gasteiger partial charge in [0.25, 0.3) is 0 Å². The first kappa shape index (κ1) is 33.3. The molecule has 0 fully saturated rings. The minimum atomic E-state index is -0.346. The van der Waals surface area contributed by atoms with Crippen LogP contribution < -0.4 is 10.2 Å². The molecule has 2 nitrogen and oxygen atoms in total. The Labute approximate surface area is 291 Å². The second kappa shape index (κ2) is 14.2. The standard InChI is InChI=1S/C45H45ClN2/c1-6-29-44(4,43-38-23-15-14-22-36(38)25-27-40(43)47-5)33(3)17-16-24-42-45(31-34-18-10-8-11-19-34,32-35-20-12-9-13-21-35)39-30-37(46)26-28-41(39)48(42)7-2/h6,8-28,30,47H,1,3,7,29,31-32H2,2,4-5H3/p+1/b17-16+,42-24+. The summed E-state index contributed by atoms with van der Waals surface area (Å²) in [6.45, 7) is 14.3. The Morgan fingerprint density at radius 3 is 2.15 bits per heavy atom. The monoisotopic (exact) mass is 649 g/mol. The van der Waals surface area contributed by atoms with E-state index in [1.165, 1.54) is 50.1 Å². The molecule has 242 valence electrons. The molecule has 1 heterocycles. The van der Waals surface area contributed by atoms with Crippen molar-refractivity contribution in [3.05, 3.63) is 191 Å². The number of likely N-dealkylation sites (N-methyl/N-ethyl adjacent to an activating group) is 1. The zero-order chi connectivity index (χ0) is 33.7. The van der Waals surface area contributed by atoms with E-state index in [1.807, 2.05) is 12.1 Å². The second-order valence-corrected chi connectivity index (χ2v) is 13.5. The van der Waals surface area contributed by atoms with E-state index in [0.717, 1.165) is 36.4 Å². The predicted octanol–water partition coefficient (Wildman–Crippen LogP) is 10.4. The Kier molecular flexibility index (Phi) is 9.87. The molecule has 48 heavy (non-hydrogen) atoms. The van der Waals surface area contributed by atoms with Gasteiger partial charge >= 0.3 is 0 Å². The molecule has 0 aliphatic carbocycles. The minimum Gasteiger partial charge on any atom is -0.344 e. The molecule has 0 bridgehead atoms. The largest absolute Gasteiger partial charge is 0.344 e. The van der Waals surface area contributed by atoms with Crippen molar-refractivity contribution in [3.8, 4) is 0 Å². The van der Waals surface area contributed by atoms with Gasteiger partial charge in [-0.2, -0.15) is 0 Å². The summed E-state index contributed by atoms with van der Waals surface area (Å²) in [5.74, 6) is 0. The van der Waals surface area contributed by atoms with Gasteiger partial charge in [0.05, 0.1) is 7.05 Å². The lowest BCUT2D eigenvalue weighted by Gasteiger charge is -2.34. The van der Waals surface area contributed by atoms with E-state index in [9.17, 15) is 0 Å². The molecule has 1 unspecified atom stereocenters.